The van der Waals surface area contributed by atoms with Crippen LogP contribution in [0.2, 0.25) is 5.02 Å². The molecule has 0 bridgehead atoms. The Kier molecular flexibility index (Phi) is 3.94. The van der Waals surface area contributed by atoms with Crippen LogP contribution in [-0.4, -0.2) is 11.8 Å². The molecule has 2 aromatic rings. The van der Waals surface area contributed by atoms with Gasteiger partial charge in [0.25, 0.3) is 5.91 Å². The molecular formula is C17H14BrClN2O2. The van der Waals surface area contributed by atoms with Crippen molar-refractivity contribution in [1.29, 1.82) is 0 Å². The molecule has 0 spiro atoms. The van der Waals surface area contributed by atoms with Gasteiger partial charge < -0.3 is 10.6 Å². The Morgan fingerprint density at radius 1 is 1.22 bits per heavy atom. The molecule has 0 aliphatic carbocycles. The first-order valence-corrected chi connectivity index (χ1v) is 8.18. The van der Waals surface area contributed by atoms with Crippen LogP contribution in [0.3, 0.4) is 0 Å². The first-order chi connectivity index (χ1) is 10.8. The highest BCUT2D eigenvalue weighted by Gasteiger charge is 2.38. The van der Waals surface area contributed by atoms with Gasteiger partial charge in [-0.25, -0.2) is 0 Å². The molecule has 23 heavy (non-hydrogen) atoms. The lowest BCUT2D eigenvalue weighted by molar-refractivity contribution is -0.119. The monoisotopic (exact) mass is 392 g/mol. The van der Waals surface area contributed by atoms with Crippen molar-refractivity contribution in [1.82, 2.24) is 0 Å². The lowest BCUT2D eigenvalue weighted by Crippen LogP contribution is -2.26. The van der Waals surface area contributed by atoms with Crippen LogP contribution in [0.15, 0.2) is 40.9 Å². The number of carbonyl (C=O) groups excluding carboxylic acids is 2. The fraction of sp³-hybridized carbons (Fsp3) is 0.176. The zero-order valence-electron chi connectivity index (χ0n) is 12.5. The largest absolute Gasteiger partial charge is 0.325 e. The molecule has 0 aromatic heterocycles. The summed E-state index contributed by atoms with van der Waals surface area (Å²) >= 11 is 9.24. The van der Waals surface area contributed by atoms with E-state index in [9.17, 15) is 9.59 Å². The van der Waals surface area contributed by atoms with Crippen molar-refractivity contribution in [2.24, 2.45) is 0 Å². The maximum atomic E-state index is 12.3. The summed E-state index contributed by atoms with van der Waals surface area (Å²) in [5, 5.41) is 6.23. The smallest absolute Gasteiger partial charge is 0.255 e. The molecule has 0 saturated heterocycles. The molecule has 1 aliphatic heterocycles. The van der Waals surface area contributed by atoms with E-state index in [0.29, 0.717) is 20.7 Å². The van der Waals surface area contributed by atoms with Crippen LogP contribution in [0.4, 0.5) is 11.4 Å². The first-order valence-electron chi connectivity index (χ1n) is 7.01. The molecule has 2 N–H and O–H groups in total. The summed E-state index contributed by atoms with van der Waals surface area (Å²) in [6.07, 6.45) is 0. The van der Waals surface area contributed by atoms with E-state index in [0.717, 1.165) is 11.3 Å². The van der Waals surface area contributed by atoms with Gasteiger partial charge in [0.15, 0.2) is 0 Å². The van der Waals surface area contributed by atoms with Gasteiger partial charge >= 0.3 is 0 Å². The van der Waals surface area contributed by atoms with E-state index < -0.39 is 5.41 Å². The zero-order chi connectivity index (χ0) is 16.8. The van der Waals surface area contributed by atoms with Gasteiger partial charge in [-0.1, -0.05) is 11.6 Å². The molecule has 4 nitrogen and oxygen atoms in total. The highest BCUT2D eigenvalue weighted by Crippen LogP contribution is 2.38. The number of amides is 2. The van der Waals surface area contributed by atoms with E-state index in [1.807, 2.05) is 19.9 Å². The van der Waals surface area contributed by atoms with Gasteiger partial charge in [-0.05, 0) is 71.7 Å². The second-order valence-electron chi connectivity index (χ2n) is 5.92. The van der Waals surface area contributed by atoms with Crippen molar-refractivity contribution < 1.29 is 9.59 Å². The van der Waals surface area contributed by atoms with E-state index >= 15 is 0 Å². The second kappa shape index (κ2) is 5.65. The van der Waals surface area contributed by atoms with Gasteiger partial charge in [0.2, 0.25) is 5.91 Å². The Morgan fingerprint density at radius 3 is 2.65 bits per heavy atom. The van der Waals surface area contributed by atoms with Crippen LogP contribution in [0, 0.1) is 0 Å². The lowest BCUT2D eigenvalue weighted by atomic mass is 9.86. The summed E-state index contributed by atoms with van der Waals surface area (Å²) in [4.78, 5) is 24.3. The summed E-state index contributed by atoms with van der Waals surface area (Å²) in [7, 11) is 0. The van der Waals surface area contributed by atoms with E-state index in [1.165, 1.54) is 0 Å². The Balaban J connectivity index is 1.87. The van der Waals surface area contributed by atoms with Crippen LogP contribution in [0.5, 0.6) is 0 Å². The van der Waals surface area contributed by atoms with Crippen molar-refractivity contribution in [3.05, 3.63) is 57.0 Å². The minimum Gasteiger partial charge on any atom is -0.325 e. The standard InChI is InChI=1S/C17H14BrClN2O2/c1-17(2)11-8-10(4-6-14(11)21-16(17)23)20-15(22)9-3-5-13(19)12(18)7-9/h3-8H,1-2H3,(H,20,22)(H,21,23). The normalized spacial score (nSPS) is 15.0. The minimum atomic E-state index is -0.612. The van der Waals surface area contributed by atoms with E-state index in [-0.39, 0.29) is 11.8 Å². The van der Waals surface area contributed by atoms with E-state index in [4.69, 9.17) is 11.6 Å². The summed E-state index contributed by atoms with van der Waals surface area (Å²) in [6.45, 7) is 3.71. The van der Waals surface area contributed by atoms with Crippen LogP contribution in [-0.2, 0) is 10.2 Å². The van der Waals surface area contributed by atoms with Crippen LogP contribution in [0.1, 0.15) is 29.8 Å². The third-order valence-electron chi connectivity index (χ3n) is 3.95. The van der Waals surface area contributed by atoms with Crippen molar-refractivity contribution >= 4 is 50.7 Å². The highest BCUT2D eigenvalue weighted by atomic mass is 79.9. The second-order valence-corrected chi connectivity index (χ2v) is 7.18. The van der Waals surface area contributed by atoms with Crippen molar-refractivity contribution in [3.8, 4) is 0 Å². The Hall–Kier alpha value is -1.85. The SMILES string of the molecule is CC1(C)C(=O)Nc2ccc(NC(=O)c3ccc(Cl)c(Br)c3)cc21. The Bertz CT molecular complexity index is 833. The third-order valence-corrected chi connectivity index (χ3v) is 5.16. The summed E-state index contributed by atoms with van der Waals surface area (Å²) in [6, 6.07) is 10.4. The maximum absolute atomic E-state index is 12.3. The third kappa shape index (κ3) is 2.86. The molecule has 6 heteroatoms. The van der Waals surface area contributed by atoms with Gasteiger partial charge in [0.05, 0.1) is 10.4 Å². The Morgan fingerprint density at radius 2 is 1.96 bits per heavy atom. The zero-order valence-corrected chi connectivity index (χ0v) is 14.9. The average Bonchev–Trinajstić information content (AvgIpc) is 2.72. The van der Waals surface area contributed by atoms with Gasteiger partial charge in [-0.2, -0.15) is 0 Å². The molecule has 2 amide bonds. The fourth-order valence-corrected chi connectivity index (χ4v) is 2.99. The molecule has 118 valence electrons. The molecule has 1 aliphatic rings. The lowest BCUT2D eigenvalue weighted by Gasteiger charge is -2.16. The van der Waals surface area contributed by atoms with Crippen molar-refractivity contribution in [2.75, 3.05) is 10.6 Å². The number of carbonyl (C=O) groups is 2. The molecule has 2 aromatic carbocycles. The summed E-state index contributed by atoms with van der Waals surface area (Å²) < 4.78 is 0.664. The number of rotatable bonds is 2. The number of anilines is 2. The van der Waals surface area contributed by atoms with E-state index in [1.54, 1.807) is 30.3 Å². The number of nitrogens with one attached hydrogen (secondary N) is 2. The van der Waals surface area contributed by atoms with E-state index in [2.05, 4.69) is 26.6 Å². The predicted octanol–water partition coefficient (Wildman–Crippen LogP) is 4.58. The summed E-state index contributed by atoms with van der Waals surface area (Å²) in [5.74, 6) is -0.282. The fourth-order valence-electron chi connectivity index (χ4n) is 2.49. The molecule has 0 atom stereocenters. The quantitative estimate of drug-likeness (QED) is 0.784. The van der Waals surface area contributed by atoms with Gasteiger partial charge in [0, 0.05) is 21.4 Å². The molecule has 1 heterocycles. The van der Waals surface area contributed by atoms with Crippen LogP contribution >= 0.6 is 27.5 Å². The number of fused-ring (bicyclic) bond motifs is 1. The van der Waals surface area contributed by atoms with Gasteiger partial charge in [0.1, 0.15) is 0 Å². The molecule has 0 fully saturated rings. The number of halogens is 2. The maximum Gasteiger partial charge on any atom is 0.255 e. The predicted molar refractivity (Wildman–Crippen MR) is 95.2 cm³/mol. The van der Waals surface area contributed by atoms with Gasteiger partial charge in [-0.3, -0.25) is 9.59 Å². The minimum absolute atomic E-state index is 0.0439. The molecular weight excluding hydrogens is 380 g/mol. The molecule has 3 rings (SSSR count). The number of benzene rings is 2. The molecule has 0 unspecified atom stereocenters. The number of hydrogen-bond donors (Lipinski definition) is 2. The first kappa shape index (κ1) is 16.0. The average molecular weight is 394 g/mol. The Labute approximate surface area is 147 Å². The van der Waals surface area contributed by atoms with Crippen LogP contribution < -0.4 is 10.6 Å². The molecule has 0 saturated carbocycles. The van der Waals surface area contributed by atoms with Crippen LogP contribution in [0.25, 0.3) is 0 Å². The van der Waals surface area contributed by atoms with Gasteiger partial charge in [-0.15, -0.1) is 0 Å². The topological polar surface area (TPSA) is 58.2 Å². The van der Waals surface area contributed by atoms with Crippen molar-refractivity contribution in [2.45, 2.75) is 19.3 Å². The molecule has 0 radical (unpaired) electrons. The number of hydrogen-bond acceptors (Lipinski definition) is 2. The highest BCUT2D eigenvalue weighted by molar-refractivity contribution is 9.10. The summed E-state index contributed by atoms with van der Waals surface area (Å²) in [5.41, 5.74) is 2.18. The van der Waals surface area contributed by atoms with Crippen molar-refractivity contribution in [3.63, 3.8) is 0 Å².